The van der Waals surface area contributed by atoms with Gasteiger partial charge in [-0.3, -0.25) is 4.79 Å². The van der Waals surface area contributed by atoms with Gasteiger partial charge < -0.3 is 14.6 Å². The van der Waals surface area contributed by atoms with Gasteiger partial charge in [0.05, 0.1) is 20.6 Å². The van der Waals surface area contributed by atoms with Crippen molar-refractivity contribution in [3.8, 4) is 0 Å². The Labute approximate surface area is 111 Å². The maximum absolute atomic E-state index is 11.6. The molecule has 0 spiro atoms. The van der Waals surface area contributed by atoms with Crippen LogP contribution in [0, 0.1) is 0 Å². The Balaban J connectivity index is 4.30. The molecule has 9 nitrogen and oxygen atoms in total. The van der Waals surface area contributed by atoms with Gasteiger partial charge in [0.1, 0.15) is 0 Å². The van der Waals surface area contributed by atoms with E-state index in [-0.39, 0.29) is 13.0 Å². The number of nitrogens with one attached hydrogen (secondary N) is 1. The van der Waals surface area contributed by atoms with Crippen molar-refractivity contribution in [2.75, 3.05) is 34.4 Å². The second-order valence-corrected chi connectivity index (χ2v) is 5.40. The van der Waals surface area contributed by atoms with E-state index in [9.17, 15) is 23.1 Å². The number of carbonyl (C=O) groups is 2. The molecule has 0 saturated heterocycles. The summed E-state index contributed by atoms with van der Waals surface area (Å²) in [6.45, 7) is -0.603. The maximum atomic E-state index is 11.6. The Hall–Kier alpha value is -1.23. The van der Waals surface area contributed by atoms with Gasteiger partial charge in [0.25, 0.3) is 10.2 Å². The van der Waals surface area contributed by atoms with Crippen LogP contribution in [0.2, 0.25) is 0 Å². The van der Waals surface area contributed by atoms with Gasteiger partial charge in [-0.1, -0.05) is 0 Å². The van der Waals surface area contributed by atoms with Crippen molar-refractivity contribution in [1.82, 2.24) is 9.03 Å². The third-order valence-electron chi connectivity index (χ3n) is 2.20. The lowest BCUT2D eigenvalue weighted by Gasteiger charge is -2.18. The van der Waals surface area contributed by atoms with Crippen molar-refractivity contribution < 1.29 is 32.6 Å². The van der Waals surface area contributed by atoms with E-state index in [1.807, 2.05) is 4.72 Å². The number of methoxy groups -OCH3 is 2. The van der Waals surface area contributed by atoms with Crippen molar-refractivity contribution in [3.05, 3.63) is 0 Å². The third kappa shape index (κ3) is 6.47. The quantitative estimate of drug-likeness (QED) is 0.490. The van der Waals surface area contributed by atoms with Gasteiger partial charge in [-0.05, 0) is 0 Å². The van der Waals surface area contributed by atoms with Gasteiger partial charge in [-0.15, -0.1) is 0 Å². The molecule has 0 aliphatic heterocycles. The van der Waals surface area contributed by atoms with E-state index < -0.39 is 34.8 Å². The average molecular weight is 298 g/mol. The number of carbonyl (C=O) groups excluding carboxylic acids is 2. The molecule has 19 heavy (non-hydrogen) atoms. The number of hydrogen-bond acceptors (Lipinski definition) is 7. The zero-order valence-electron chi connectivity index (χ0n) is 11.0. The van der Waals surface area contributed by atoms with E-state index in [1.165, 1.54) is 14.2 Å². The molecule has 1 atom stereocenters. The number of hydrogen-bond donors (Lipinski definition) is 2. The Morgan fingerprint density at radius 3 is 2.37 bits per heavy atom. The predicted molar refractivity (Wildman–Crippen MR) is 64.2 cm³/mol. The van der Waals surface area contributed by atoms with Gasteiger partial charge >= 0.3 is 11.9 Å². The fraction of sp³-hybridized carbons (Fsp3) is 0.778. The third-order valence-corrected chi connectivity index (χ3v) is 3.74. The highest BCUT2D eigenvalue weighted by Gasteiger charge is 2.22. The van der Waals surface area contributed by atoms with Crippen molar-refractivity contribution >= 4 is 22.1 Å². The van der Waals surface area contributed by atoms with Crippen LogP contribution in [0.5, 0.6) is 0 Å². The van der Waals surface area contributed by atoms with Crippen molar-refractivity contribution in [3.63, 3.8) is 0 Å². The van der Waals surface area contributed by atoms with Gasteiger partial charge in [0.15, 0.2) is 6.10 Å². The van der Waals surface area contributed by atoms with E-state index in [0.29, 0.717) is 0 Å². The molecule has 0 aromatic heterocycles. The molecular weight excluding hydrogens is 280 g/mol. The van der Waals surface area contributed by atoms with Gasteiger partial charge in [-0.25, -0.2) is 4.79 Å². The molecule has 1 unspecified atom stereocenters. The molecular formula is C9H18N2O7S. The molecule has 2 N–H and O–H groups in total. The van der Waals surface area contributed by atoms with E-state index in [2.05, 4.69) is 9.47 Å². The van der Waals surface area contributed by atoms with Crippen LogP contribution in [0.4, 0.5) is 0 Å². The number of aliphatic hydroxyl groups excluding tert-OH is 1. The lowest BCUT2D eigenvalue weighted by Crippen LogP contribution is -2.44. The Kier molecular flexibility index (Phi) is 7.52. The molecule has 0 amide bonds. The van der Waals surface area contributed by atoms with Crippen LogP contribution in [-0.4, -0.2) is 70.2 Å². The lowest BCUT2D eigenvalue weighted by molar-refractivity contribution is -0.149. The molecule has 112 valence electrons. The maximum Gasteiger partial charge on any atom is 0.336 e. The molecule has 10 heteroatoms. The highest BCUT2D eigenvalue weighted by molar-refractivity contribution is 7.87. The van der Waals surface area contributed by atoms with Crippen LogP contribution in [0.25, 0.3) is 0 Å². The summed E-state index contributed by atoms with van der Waals surface area (Å²) in [6, 6.07) is 0. The highest BCUT2D eigenvalue weighted by Crippen LogP contribution is 1.97. The molecule has 0 aliphatic rings. The van der Waals surface area contributed by atoms with Crippen molar-refractivity contribution in [2.45, 2.75) is 12.5 Å². The molecule has 0 radical (unpaired) electrons. The second kappa shape index (κ2) is 8.04. The fourth-order valence-electron chi connectivity index (χ4n) is 0.985. The SMILES string of the molecule is COC(=O)CCN(C)S(=O)(=O)NCC(O)C(=O)OC. The first kappa shape index (κ1) is 17.8. The summed E-state index contributed by atoms with van der Waals surface area (Å²) in [5.74, 6) is -1.49. The second-order valence-electron chi connectivity index (χ2n) is 3.54. The first-order valence-electron chi connectivity index (χ1n) is 5.28. The zero-order valence-corrected chi connectivity index (χ0v) is 11.8. The van der Waals surface area contributed by atoms with E-state index in [4.69, 9.17) is 0 Å². The molecule has 0 heterocycles. The monoisotopic (exact) mass is 298 g/mol. The Bertz CT molecular complexity index is 409. The zero-order chi connectivity index (χ0) is 15.1. The lowest BCUT2D eigenvalue weighted by atomic mass is 10.4. The van der Waals surface area contributed by atoms with E-state index in [0.717, 1.165) is 11.4 Å². The number of nitrogens with zero attached hydrogens (tertiary/aromatic N) is 1. The molecule has 0 aromatic carbocycles. The van der Waals surface area contributed by atoms with Crippen molar-refractivity contribution in [2.24, 2.45) is 0 Å². The van der Waals surface area contributed by atoms with Crippen LogP contribution in [-0.2, 0) is 29.3 Å². The Morgan fingerprint density at radius 2 is 1.89 bits per heavy atom. The Morgan fingerprint density at radius 1 is 1.32 bits per heavy atom. The minimum Gasteiger partial charge on any atom is -0.469 e. The standard InChI is InChI=1S/C9H18N2O7S/c1-11(5-4-8(13)17-2)19(15,16)10-6-7(12)9(14)18-3/h7,10,12H,4-6H2,1-3H3. The van der Waals surface area contributed by atoms with Crippen LogP contribution in [0.1, 0.15) is 6.42 Å². The fourth-order valence-corrected chi connectivity index (χ4v) is 1.91. The van der Waals surface area contributed by atoms with E-state index in [1.54, 1.807) is 0 Å². The van der Waals surface area contributed by atoms with Crippen LogP contribution in [0.3, 0.4) is 0 Å². The largest absolute Gasteiger partial charge is 0.469 e. The number of aliphatic hydroxyl groups is 1. The smallest absolute Gasteiger partial charge is 0.336 e. The average Bonchev–Trinajstić information content (AvgIpc) is 2.40. The van der Waals surface area contributed by atoms with Crippen molar-refractivity contribution in [1.29, 1.82) is 0 Å². The molecule has 0 aromatic rings. The minimum absolute atomic E-state index is 0.0870. The molecule has 0 fully saturated rings. The van der Waals surface area contributed by atoms with Gasteiger partial charge in [0.2, 0.25) is 0 Å². The topological polar surface area (TPSA) is 122 Å². The van der Waals surface area contributed by atoms with Gasteiger partial charge in [0, 0.05) is 20.1 Å². The summed E-state index contributed by atoms with van der Waals surface area (Å²) < 4.78 is 34.8. The number of rotatable bonds is 8. The summed E-state index contributed by atoms with van der Waals surface area (Å²) >= 11 is 0. The number of esters is 2. The highest BCUT2D eigenvalue weighted by atomic mass is 32.2. The molecule has 0 bridgehead atoms. The summed E-state index contributed by atoms with van der Waals surface area (Å²) in [5, 5.41) is 9.22. The van der Waals surface area contributed by atoms with Crippen LogP contribution in [0.15, 0.2) is 0 Å². The summed E-state index contributed by atoms with van der Waals surface area (Å²) in [5.41, 5.74) is 0. The first-order chi connectivity index (χ1) is 8.74. The molecule has 0 aliphatic carbocycles. The molecule has 0 rings (SSSR count). The minimum atomic E-state index is -3.89. The molecule has 0 saturated carbocycles. The van der Waals surface area contributed by atoms with E-state index >= 15 is 0 Å². The predicted octanol–water partition coefficient (Wildman–Crippen LogP) is -2.15. The van der Waals surface area contributed by atoms with Crippen LogP contribution >= 0.6 is 0 Å². The first-order valence-corrected chi connectivity index (χ1v) is 6.72. The van der Waals surface area contributed by atoms with Gasteiger partial charge in [-0.2, -0.15) is 17.4 Å². The normalized spacial score (nSPS) is 13.1. The summed E-state index contributed by atoms with van der Waals surface area (Å²) in [6.07, 6.45) is -1.69. The summed E-state index contributed by atoms with van der Waals surface area (Å²) in [7, 11) is -0.379. The van der Waals surface area contributed by atoms with Crippen LogP contribution < -0.4 is 4.72 Å². The number of ether oxygens (including phenoxy) is 2. The summed E-state index contributed by atoms with van der Waals surface area (Å²) in [4.78, 5) is 21.7.